The topological polar surface area (TPSA) is 58.6 Å². The highest BCUT2D eigenvalue weighted by molar-refractivity contribution is 6.30. The minimum Gasteiger partial charge on any atom is -0.462 e. The second-order valence-corrected chi connectivity index (χ2v) is 7.27. The van der Waals surface area contributed by atoms with Gasteiger partial charge in [0.2, 0.25) is 0 Å². The number of hydrogen-bond acceptors (Lipinski definition) is 3. The van der Waals surface area contributed by atoms with E-state index in [4.69, 9.17) is 16.3 Å². The lowest BCUT2D eigenvalue weighted by molar-refractivity contribution is 0.0526. The number of anilines is 1. The van der Waals surface area contributed by atoms with Gasteiger partial charge in [-0.2, -0.15) is 0 Å². The Kier molecular flexibility index (Phi) is 6.93. The zero-order valence-electron chi connectivity index (χ0n) is 16.0. The summed E-state index contributed by atoms with van der Waals surface area (Å²) in [5, 5.41) is 3.65. The molecule has 1 heterocycles. The molecule has 3 rings (SSSR count). The van der Waals surface area contributed by atoms with Crippen molar-refractivity contribution in [1.29, 1.82) is 0 Å². The molecule has 0 unspecified atom stereocenters. The number of nitrogens with zero attached hydrogens (tertiary/aromatic N) is 1. The van der Waals surface area contributed by atoms with Crippen LogP contribution in [0, 0.1) is 0 Å². The number of halogens is 1. The fourth-order valence-corrected chi connectivity index (χ4v) is 3.61. The summed E-state index contributed by atoms with van der Waals surface area (Å²) in [6, 6.07) is 14.4. The molecule has 1 atom stereocenters. The number of nitrogens with one attached hydrogen (secondary N) is 1. The van der Waals surface area contributed by atoms with Crippen LogP contribution in [-0.4, -0.2) is 30.1 Å². The second kappa shape index (κ2) is 9.60. The van der Waals surface area contributed by atoms with E-state index in [1.54, 1.807) is 31.2 Å². The average molecular weight is 401 g/mol. The largest absolute Gasteiger partial charge is 0.462 e. The molecule has 1 saturated heterocycles. The molecule has 5 nitrogen and oxygen atoms in total. The second-order valence-electron chi connectivity index (χ2n) is 6.84. The third kappa shape index (κ3) is 5.04. The summed E-state index contributed by atoms with van der Waals surface area (Å²) >= 11 is 6.02. The first-order valence-electron chi connectivity index (χ1n) is 9.68. The number of likely N-dealkylation sites (tertiary alicyclic amines) is 1. The number of amides is 2. The van der Waals surface area contributed by atoms with Crippen LogP contribution in [0.2, 0.25) is 5.02 Å². The Labute approximate surface area is 170 Å². The minimum atomic E-state index is -0.365. The van der Waals surface area contributed by atoms with E-state index < -0.39 is 0 Å². The predicted molar refractivity (Wildman–Crippen MR) is 111 cm³/mol. The zero-order valence-corrected chi connectivity index (χ0v) is 16.7. The van der Waals surface area contributed by atoms with Crippen LogP contribution < -0.4 is 5.32 Å². The summed E-state index contributed by atoms with van der Waals surface area (Å²) in [6.07, 6.45) is 4.11. The molecule has 1 aliphatic rings. The van der Waals surface area contributed by atoms with Crippen molar-refractivity contribution in [3.63, 3.8) is 0 Å². The Bertz CT molecular complexity index is 806. The molecular weight excluding hydrogens is 376 g/mol. The van der Waals surface area contributed by atoms with E-state index in [-0.39, 0.29) is 18.0 Å². The van der Waals surface area contributed by atoms with Crippen LogP contribution in [0.1, 0.15) is 54.6 Å². The third-order valence-electron chi connectivity index (χ3n) is 4.92. The molecule has 0 aromatic heterocycles. The van der Waals surface area contributed by atoms with Gasteiger partial charge in [-0.1, -0.05) is 36.6 Å². The molecule has 148 valence electrons. The molecule has 2 amide bonds. The van der Waals surface area contributed by atoms with Crippen molar-refractivity contribution >= 4 is 29.3 Å². The van der Waals surface area contributed by atoms with Crippen molar-refractivity contribution in [2.24, 2.45) is 0 Å². The standard InChI is InChI=1S/C22H25ClN2O3/c1-2-28-21(26)17-9-13-19(14-10-17)24-22(27)25-15-5-3-4-6-20(25)16-7-11-18(23)12-8-16/h7-14,20H,2-6,15H2,1H3,(H,24,27)/t20-/m0/s1. The molecule has 1 aliphatic heterocycles. The Hall–Kier alpha value is -2.53. The first-order chi connectivity index (χ1) is 13.6. The van der Waals surface area contributed by atoms with Crippen molar-refractivity contribution in [3.05, 3.63) is 64.7 Å². The number of urea groups is 1. The third-order valence-corrected chi connectivity index (χ3v) is 5.17. The van der Waals surface area contributed by atoms with Gasteiger partial charge in [-0.25, -0.2) is 9.59 Å². The summed E-state index contributed by atoms with van der Waals surface area (Å²) in [4.78, 5) is 26.6. The molecule has 2 aromatic rings. The number of hydrogen-bond donors (Lipinski definition) is 1. The van der Waals surface area contributed by atoms with Crippen molar-refractivity contribution < 1.29 is 14.3 Å². The van der Waals surface area contributed by atoms with Crippen LogP contribution in [0.25, 0.3) is 0 Å². The average Bonchev–Trinajstić information content (AvgIpc) is 2.95. The molecule has 1 fully saturated rings. The van der Waals surface area contributed by atoms with Crippen LogP contribution in [0.4, 0.5) is 10.5 Å². The maximum atomic E-state index is 13.0. The minimum absolute atomic E-state index is 0.0265. The molecule has 1 N–H and O–H groups in total. The summed E-state index contributed by atoms with van der Waals surface area (Å²) in [5.74, 6) is -0.365. The Morgan fingerprint density at radius 2 is 1.79 bits per heavy atom. The zero-order chi connectivity index (χ0) is 19.9. The van der Waals surface area contributed by atoms with Crippen LogP contribution in [0.3, 0.4) is 0 Å². The van der Waals surface area contributed by atoms with Crippen molar-refractivity contribution in [2.45, 2.75) is 38.6 Å². The number of ether oxygens (including phenoxy) is 1. The smallest absolute Gasteiger partial charge is 0.338 e. The van der Waals surface area contributed by atoms with E-state index in [9.17, 15) is 9.59 Å². The maximum absolute atomic E-state index is 13.0. The highest BCUT2D eigenvalue weighted by Gasteiger charge is 2.27. The van der Waals surface area contributed by atoms with E-state index in [0.29, 0.717) is 29.4 Å². The van der Waals surface area contributed by atoms with Crippen molar-refractivity contribution in [3.8, 4) is 0 Å². The highest BCUT2D eigenvalue weighted by atomic mass is 35.5. The van der Waals surface area contributed by atoms with Crippen molar-refractivity contribution in [1.82, 2.24) is 4.90 Å². The van der Waals surface area contributed by atoms with Crippen LogP contribution in [-0.2, 0) is 4.74 Å². The molecule has 2 aromatic carbocycles. The van der Waals surface area contributed by atoms with E-state index >= 15 is 0 Å². The number of esters is 1. The van der Waals surface area contributed by atoms with Crippen LogP contribution >= 0.6 is 11.6 Å². The SMILES string of the molecule is CCOC(=O)c1ccc(NC(=O)N2CCCCC[C@H]2c2ccc(Cl)cc2)cc1. The van der Waals surface area contributed by atoms with E-state index in [0.717, 1.165) is 31.2 Å². The fourth-order valence-electron chi connectivity index (χ4n) is 3.48. The monoisotopic (exact) mass is 400 g/mol. The molecule has 0 aliphatic carbocycles. The number of benzene rings is 2. The van der Waals surface area contributed by atoms with Gasteiger partial charge < -0.3 is 15.0 Å². The summed E-state index contributed by atoms with van der Waals surface area (Å²) in [6.45, 7) is 2.81. The molecule has 6 heteroatoms. The summed E-state index contributed by atoms with van der Waals surface area (Å²) in [5.41, 5.74) is 2.21. The Morgan fingerprint density at radius 3 is 2.46 bits per heavy atom. The Balaban J connectivity index is 1.73. The van der Waals surface area contributed by atoms with Gasteiger partial charge in [0, 0.05) is 17.3 Å². The van der Waals surface area contributed by atoms with Gasteiger partial charge in [0.15, 0.2) is 0 Å². The molecule has 28 heavy (non-hydrogen) atoms. The lowest BCUT2D eigenvalue weighted by Gasteiger charge is -2.30. The quantitative estimate of drug-likeness (QED) is 0.673. The highest BCUT2D eigenvalue weighted by Crippen LogP contribution is 2.31. The van der Waals surface area contributed by atoms with Crippen molar-refractivity contribution in [2.75, 3.05) is 18.5 Å². The number of carbonyl (C=O) groups is 2. The molecule has 0 bridgehead atoms. The molecule has 0 spiro atoms. The summed E-state index contributed by atoms with van der Waals surface area (Å²) in [7, 11) is 0. The first-order valence-corrected chi connectivity index (χ1v) is 10.1. The van der Waals surface area contributed by atoms with Gasteiger partial charge >= 0.3 is 12.0 Å². The first kappa shape index (κ1) is 20.2. The van der Waals surface area contributed by atoms with Gasteiger partial charge in [-0.3, -0.25) is 0 Å². The van der Waals surface area contributed by atoms with E-state index in [2.05, 4.69) is 5.32 Å². The number of carbonyl (C=O) groups excluding carboxylic acids is 2. The van der Waals surface area contributed by atoms with Gasteiger partial charge in [0.25, 0.3) is 0 Å². The van der Waals surface area contributed by atoms with Gasteiger partial charge in [0.1, 0.15) is 0 Å². The van der Waals surface area contributed by atoms with E-state index in [1.807, 2.05) is 29.2 Å². The fraction of sp³-hybridized carbons (Fsp3) is 0.364. The number of rotatable bonds is 4. The normalized spacial score (nSPS) is 16.9. The van der Waals surface area contributed by atoms with Gasteiger partial charge in [-0.05, 0) is 61.7 Å². The molecule has 0 radical (unpaired) electrons. The van der Waals surface area contributed by atoms with E-state index in [1.165, 1.54) is 0 Å². The van der Waals surface area contributed by atoms with Crippen LogP contribution in [0.5, 0.6) is 0 Å². The van der Waals surface area contributed by atoms with Crippen LogP contribution in [0.15, 0.2) is 48.5 Å². The summed E-state index contributed by atoms with van der Waals surface area (Å²) < 4.78 is 4.99. The Morgan fingerprint density at radius 1 is 1.07 bits per heavy atom. The molecule has 0 saturated carbocycles. The lowest BCUT2D eigenvalue weighted by Crippen LogP contribution is -2.38. The maximum Gasteiger partial charge on any atom is 0.338 e. The lowest BCUT2D eigenvalue weighted by atomic mass is 10.0. The molecular formula is C22H25ClN2O3. The predicted octanol–water partition coefficient (Wildman–Crippen LogP) is 5.67. The van der Waals surface area contributed by atoms with Gasteiger partial charge in [0.05, 0.1) is 18.2 Å². The van der Waals surface area contributed by atoms with Gasteiger partial charge in [-0.15, -0.1) is 0 Å².